The molecule has 0 aromatic heterocycles. The molecule has 1 aliphatic heterocycles. The van der Waals surface area contributed by atoms with Gasteiger partial charge in [0.15, 0.2) is 0 Å². The standard InChI is InChI=1S/C14H28N2O/c1-2-14-11-16(7-8-17-14)10-13-5-3-12(9-15)4-6-13/h12-14H,2-11,15H2,1H3. The molecule has 1 saturated heterocycles. The van der Waals surface area contributed by atoms with Gasteiger partial charge in [-0.3, -0.25) is 4.90 Å². The molecule has 2 fully saturated rings. The molecule has 100 valence electrons. The van der Waals surface area contributed by atoms with Crippen LogP contribution in [0.15, 0.2) is 0 Å². The number of nitrogens with zero attached hydrogens (tertiary/aromatic N) is 1. The van der Waals surface area contributed by atoms with E-state index in [4.69, 9.17) is 10.5 Å². The molecule has 0 aromatic rings. The third-order valence-electron chi connectivity index (χ3n) is 4.49. The highest BCUT2D eigenvalue weighted by atomic mass is 16.5. The number of morpholine rings is 1. The second-order valence-corrected chi connectivity index (χ2v) is 5.78. The zero-order valence-corrected chi connectivity index (χ0v) is 11.2. The Kier molecular flexibility index (Phi) is 5.26. The molecule has 2 rings (SSSR count). The first-order chi connectivity index (χ1) is 8.31. The van der Waals surface area contributed by atoms with Crippen molar-refractivity contribution >= 4 is 0 Å². The van der Waals surface area contributed by atoms with E-state index < -0.39 is 0 Å². The Hall–Kier alpha value is -0.120. The van der Waals surface area contributed by atoms with Gasteiger partial charge in [-0.15, -0.1) is 0 Å². The molecule has 1 heterocycles. The molecule has 2 N–H and O–H groups in total. The quantitative estimate of drug-likeness (QED) is 0.815. The highest BCUT2D eigenvalue weighted by Crippen LogP contribution is 2.29. The Morgan fingerprint density at radius 1 is 1.18 bits per heavy atom. The summed E-state index contributed by atoms with van der Waals surface area (Å²) in [5.74, 6) is 1.72. The summed E-state index contributed by atoms with van der Waals surface area (Å²) in [6, 6.07) is 0. The smallest absolute Gasteiger partial charge is 0.0700 e. The molecule has 1 aliphatic carbocycles. The lowest BCUT2D eigenvalue weighted by atomic mass is 9.82. The number of ether oxygens (including phenoxy) is 1. The average molecular weight is 240 g/mol. The van der Waals surface area contributed by atoms with Gasteiger partial charge in [0, 0.05) is 19.6 Å². The molecule has 0 aromatic carbocycles. The largest absolute Gasteiger partial charge is 0.376 e. The number of hydrogen-bond acceptors (Lipinski definition) is 3. The molecule has 0 radical (unpaired) electrons. The van der Waals surface area contributed by atoms with Crippen LogP contribution in [0.5, 0.6) is 0 Å². The van der Waals surface area contributed by atoms with Crippen molar-refractivity contribution in [3.63, 3.8) is 0 Å². The summed E-state index contributed by atoms with van der Waals surface area (Å²) in [6.45, 7) is 7.61. The van der Waals surface area contributed by atoms with Crippen molar-refractivity contribution in [2.24, 2.45) is 17.6 Å². The van der Waals surface area contributed by atoms with E-state index in [0.29, 0.717) is 6.10 Å². The Bertz CT molecular complexity index is 214. The van der Waals surface area contributed by atoms with Crippen LogP contribution >= 0.6 is 0 Å². The van der Waals surface area contributed by atoms with Gasteiger partial charge in [0.25, 0.3) is 0 Å². The normalized spacial score (nSPS) is 36.0. The number of hydrogen-bond donors (Lipinski definition) is 1. The van der Waals surface area contributed by atoms with Crippen molar-refractivity contribution in [3.8, 4) is 0 Å². The fraction of sp³-hybridized carbons (Fsp3) is 1.00. The lowest BCUT2D eigenvalue weighted by Crippen LogP contribution is -2.44. The second kappa shape index (κ2) is 6.72. The molecule has 1 unspecified atom stereocenters. The molecule has 17 heavy (non-hydrogen) atoms. The molecule has 3 nitrogen and oxygen atoms in total. The van der Waals surface area contributed by atoms with Crippen LogP contribution < -0.4 is 5.73 Å². The minimum atomic E-state index is 0.476. The zero-order valence-electron chi connectivity index (χ0n) is 11.2. The van der Waals surface area contributed by atoms with Crippen molar-refractivity contribution in [3.05, 3.63) is 0 Å². The van der Waals surface area contributed by atoms with Gasteiger partial charge in [0.05, 0.1) is 12.7 Å². The summed E-state index contributed by atoms with van der Waals surface area (Å²) in [7, 11) is 0. The maximum absolute atomic E-state index is 5.74. The highest BCUT2D eigenvalue weighted by molar-refractivity contribution is 4.78. The van der Waals surface area contributed by atoms with E-state index in [2.05, 4.69) is 11.8 Å². The van der Waals surface area contributed by atoms with Crippen molar-refractivity contribution in [1.82, 2.24) is 4.90 Å². The van der Waals surface area contributed by atoms with Gasteiger partial charge < -0.3 is 10.5 Å². The molecular formula is C14H28N2O. The fourth-order valence-electron chi connectivity index (χ4n) is 3.21. The van der Waals surface area contributed by atoms with Crippen LogP contribution in [-0.4, -0.2) is 43.8 Å². The Morgan fingerprint density at radius 3 is 2.53 bits per heavy atom. The van der Waals surface area contributed by atoms with E-state index in [1.807, 2.05) is 0 Å². The van der Waals surface area contributed by atoms with Crippen LogP contribution in [0.4, 0.5) is 0 Å². The molecular weight excluding hydrogens is 212 g/mol. The van der Waals surface area contributed by atoms with Crippen LogP contribution in [-0.2, 0) is 4.74 Å². The van der Waals surface area contributed by atoms with Crippen molar-refractivity contribution < 1.29 is 4.74 Å². The van der Waals surface area contributed by atoms with Gasteiger partial charge >= 0.3 is 0 Å². The van der Waals surface area contributed by atoms with E-state index >= 15 is 0 Å². The second-order valence-electron chi connectivity index (χ2n) is 5.78. The predicted molar refractivity (Wildman–Crippen MR) is 71.0 cm³/mol. The van der Waals surface area contributed by atoms with Crippen LogP contribution in [0, 0.1) is 11.8 Å². The number of nitrogens with two attached hydrogens (primary N) is 1. The van der Waals surface area contributed by atoms with E-state index in [1.165, 1.54) is 32.2 Å². The lowest BCUT2D eigenvalue weighted by molar-refractivity contribution is -0.0360. The van der Waals surface area contributed by atoms with E-state index in [1.54, 1.807) is 0 Å². The predicted octanol–water partition coefficient (Wildman–Crippen LogP) is 1.86. The molecule has 2 aliphatic rings. The van der Waals surface area contributed by atoms with Crippen LogP contribution in [0.3, 0.4) is 0 Å². The summed E-state index contributed by atoms with van der Waals surface area (Å²) in [6.07, 6.45) is 7.09. The summed E-state index contributed by atoms with van der Waals surface area (Å²) < 4.78 is 5.72. The minimum absolute atomic E-state index is 0.476. The molecule has 1 atom stereocenters. The summed E-state index contributed by atoms with van der Waals surface area (Å²) in [5, 5.41) is 0. The van der Waals surface area contributed by atoms with Crippen LogP contribution in [0.1, 0.15) is 39.0 Å². The fourth-order valence-corrected chi connectivity index (χ4v) is 3.21. The maximum atomic E-state index is 5.74. The third-order valence-corrected chi connectivity index (χ3v) is 4.49. The van der Waals surface area contributed by atoms with Crippen molar-refractivity contribution in [1.29, 1.82) is 0 Å². The first-order valence-corrected chi connectivity index (χ1v) is 7.35. The lowest BCUT2D eigenvalue weighted by Gasteiger charge is -2.36. The first kappa shape index (κ1) is 13.3. The molecule has 0 bridgehead atoms. The zero-order chi connectivity index (χ0) is 12.1. The van der Waals surface area contributed by atoms with Gasteiger partial charge in [-0.2, -0.15) is 0 Å². The first-order valence-electron chi connectivity index (χ1n) is 7.35. The van der Waals surface area contributed by atoms with Gasteiger partial charge in [0.2, 0.25) is 0 Å². The third kappa shape index (κ3) is 3.94. The van der Waals surface area contributed by atoms with Gasteiger partial charge in [0.1, 0.15) is 0 Å². The maximum Gasteiger partial charge on any atom is 0.0700 e. The SMILES string of the molecule is CCC1CN(CC2CCC(CN)CC2)CCO1. The number of rotatable bonds is 4. The summed E-state index contributed by atoms with van der Waals surface area (Å²) in [4.78, 5) is 2.62. The minimum Gasteiger partial charge on any atom is -0.376 e. The van der Waals surface area contributed by atoms with Crippen LogP contribution in [0.2, 0.25) is 0 Å². The molecule has 3 heteroatoms. The van der Waals surface area contributed by atoms with Crippen molar-refractivity contribution in [2.75, 3.05) is 32.8 Å². The van der Waals surface area contributed by atoms with E-state index in [-0.39, 0.29) is 0 Å². The molecule has 0 amide bonds. The average Bonchev–Trinajstić information content (AvgIpc) is 2.40. The molecule has 0 spiro atoms. The summed E-state index contributed by atoms with van der Waals surface area (Å²) >= 11 is 0. The van der Waals surface area contributed by atoms with Crippen molar-refractivity contribution in [2.45, 2.75) is 45.1 Å². The topological polar surface area (TPSA) is 38.5 Å². The van der Waals surface area contributed by atoms with E-state index in [0.717, 1.165) is 44.5 Å². The van der Waals surface area contributed by atoms with Crippen LogP contribution in [0.25, 0.3) is 0 Å². The molecule has 1 saturated carbocycles. The van der Waals surface area contributed by atoms with Gasteiger partial charge in [-0.1, -0.05) is 6.92 Å². The Morgan fingerprint density at radius 2 is 1.88 bits per heavy atom. The van der Waals surface area contributed by atoms with E-state index in [9.17, 15) is 0 Å². The van der Waals surface area contributed by atoms with Gasteiger partial charge in [-0.25, -0.2) is 0 Å². The Labute approximate surface area is 106 Å². The van der Waals surface area contributed by atoms with Gasteiger partial charge in [-0.05, 0) is 50.5 Å². The Balaban J connectivity index is 1.70. The summed E-state index contributed by atoms with van der Waals surface area (Å²) in [5.41, 5.74) is 5.74. The highest BCUT2D eigenvalue weighted by Gasteiger charge is 2.25. The monoisotopic (exact) mass is 240 g/mol.